The van der Waals surface area contributed by atoms with Crippen molar-refractivity contribution in [1.82, 2.24) is 0 Å². The third-order valence-corrected chi connectivity index (χ3v) is 1.97. The number of epoxide rings is 2. The minimum absolute atomic E-state index is 0.0973. The van der Waals surface area contributed by atoms with E-state index >= 15 is 0 Å². The summed E-state index contributed by atoms with van der Waals surface area (Å²) in [6, 6.07) is 7.52. The maximum Gasteiger partial charge on any atom is 0.224 e. The summed E-state index contributed by atoms with van der Waals surface area (Å²) < 4.78 is 20.9. The van der Waals surface area contributed by atoms with Crippen LogP contribution in [0, 0.1) is 0 Å². The predicted octanol–water partition coefficient (Wildman–Crippen LogP) is 1.16. The Kier molecular flexibility index (Phi) is 1.82. The fourth-order valence-corrected chi connectivity index (χ4v) is 1.14. The van der Waals surface area contributed by atoms with Crippen molar-refractivity contribution in [3.05, 3.63) is 24.3 Å². The second kappa shape index (κ2) is 3.15. The summed E-state index contributed by atoms with van der Waals surface area (Å²) in [4.78, 5) is 0. The van der Waals surface area contributed by atoms with Crippen molar-refractivity contribution in [1.29, 1.82) is 0 Å². The first-order valence-electron chi connectivity index (χ1n) is 4.57. The maximum atomic E-state index is 5.48. The van der Waals surface area contributed by atoms with Gasteiger partial charge in [-0.2, -0.15) is 0 Å². The topological polar surface area (TPSA) is 43.5 Å². The molecule has 1 aromatic rings. The smallest absolute Gasteiger partial charge is 0.224 e. The Bertz CT molecular complexity index is 298. The Labute approximate surface area is 81.3 Å². The van der Waals surface area contributed by atoms with E-state index in [2.05, 4.69) is 0 Å². The molecule has 1 aromatic carbocycles. The van der Waals surface area contributed by atoms with Crippen LogP contribution in [-0.2, 0) is 9.47 Å². The van der Waals surface area contributed by atoms with Gasteiger partial charge in [-0.15, -0.1) is 0 Å². The lowest BCUT2D eigenvalue weighted by atomic mass is 10.3. The van der Waals surface area contributed by atoms with E-state index < -0.39 is 0 Å². The molecule has 2 aliphatic rings. The molecule has 2 saturated heterocycles. The van der Waals surface area contributed by atoms with Crippen molar-refractivity contribution in [3.8, 4) is 11.5 Å². The second-order valence-electron chi connectivity index (χ2n) is 3.21. The molecule has 2 fully saturated rings. The van der Waals surface area contributed by atoms with E-state index in [4.69, 9.17) is 18.9 Å². The lowest BCUT2D eigenvalue weighted by Gasteiger charge is -2.08. The monoisotopic (exact) mass is 194 g/mol. The van der Waals surface area contributed by atoms with Gasteiger partial charge in [0.25, 0.3) is 0 Å². The average Bonchev–Trinajstić information content (AvgIpc) is 3.01. The summed E-state index contributed by atoms with van der Waals surface area (Å²) in [7, 11) is 0. The first-order chi connectivity index (χ1) is 6.92. The molecule has 2 unspecified atom stereocenters. The Hall–Kier alpha value is -1.26. The van der Waals surface area contributed by atoms with E-state index in [-0.39, 0.29) is 12.6 Å². The Morgan fingerprint density at radius 2 is 1.36 bits per heavy atom. The third-order valence-electron chi connectivity index (χ3n) is 1.97. The first-order valence-corrected chi connectivity index (χ1v) is 4.57. The van der Waals surface area contributed by atoms with Crippen LogP contribution in [0.4, 0.5) is 0 Å². The summed E-state index contributed by atoms with van der Waals surface area (Å²) in [5.74, 6) is 1.43. The molecule has 4 heteroatoms. The number of rotatable bonds is 4. The Morgan fingerprint density at radius 3 is 1.71 bits per heavy atom. The minimum Gasteiger partial charge on any atom is -0.459 e. The predicted molar refractivity (Wildman–Crippen MR) is 47.2 cm³/mol. The molecule has 3 rings (SSSR count). The number of ether oxygens (including phenoxy) is 4. The molecule has 14 heavy (non-hydrogen) atoms. The van der Waals surface area contributed by atoms with Gasteiger partial charge in [-0.1, -0.05) is 12.1 Å². The lowest BCUT2D eigenvalue weighted by Crippen LogP contribution is -2.03. The largest absolute Gasteiger partial charge is 0.459 e. The van der Waals surface area contributed by atoms with Crippen molar-refractivity contribution in [3.63, 3.8) is 0 Å². The fourth-order valence-electron chi connectivity index (χ4n) is 1.14. The fraction of sp³-hybridized carbons (Fsp3) is 0.400. The van der Waals surface area contributed by atoms with E-state index in [1.165, 1.54) is 0 Å². The van der Waals surface area contributed by atoms with E-state index in [0.29, 0.717) is 24.7 Å². The summed E-state index contributed by atoms with van der Waals surface area (Å²) in [6.07, 6.45) is -0.195. The summed E-state index contributed by atoms with van der Waals surface area (Å²) in [5, 5.41) is 0. The molecule has 0 bridgehead atoms. The van der Waals surface area contributed by atoms with Gasteiger partial charge in [0.05, 0.1) is 0 Å². The zero-order chi connectivity index (χ0) is 9.38. The number of hydrogen-bond acceptors (Lipinski definition) is 4. The van der Waals surface area contributed by atoms with Gasteiger partial charge in [0.2, 0.25) is 12.6 Å². The van der Waals surface area contributed by atoms with E-state index in [9.17, 15) is 0 Å². The van der Waals surface area contributed by atoms with E-state index in [0.717, 1.165) is 0 Å². The summed E-state index contributed by atoms with van der Waals surface area (Å²) in [6.45, 7) is 1.32. The quantitative estimate of drug-likeness (QED) is 0.674. The normalized spacial score (nSPS) is 28.3. The molecule has 0 saturated carbocycles. The highest BCUT2D eigenvalue weighted by Crippen LogP contribution is 2.32. The van der Waals surface area contributed by atoms with Crippen LogP contribution >= 0.6 is 0 Å². The van der Waals surface area contributed by atoms with E-state index in [1.807, 2.05) is 24.3 Å². The maximum absolute atomic E-state index is 5.48. The van der Waals surface area contributed by atoms with Crippen LogP contribution in [0.5, 0.6) is 11.5 Å². The molecule has 0 aromatic heterocycles. The minimum atomic E-state index is -0.0973. The van der Waals surface area contributed by atoms with Crippen LogP contribution < -0.4 is 9.47 Å². The van der Waals surface area contributed by atoms with Crippen molar-refractivity contribution in [2.75, 3.05) is 13.2 Å². The molecule has 0 aliphatic carbocycles. The molecule has 0 radical (unpaired) electrons. The number of para-hydroxylation sites is 2. The SMILES string of the molecule is c1ccc(OC2CO2)c(OC2CO2)c1. The van der Waals surface area contributed by atoms with Crippen LogP contribution in [0.2, 0.25) is 0 Å². The van der Waals surface area contributed by atoms with Gasteiger partial charge in [-0.25, -0.2) is 0 Å². The molecule has 0 spiro atoms. The highest BCUT2D eigenvalue weighted by atomic mass is 16.8. The molecule has 0 N–H and O–H groups in total. The highest BCUT2D eigenvalue weighted by molar-refractivity contribution is 5.39. The molecular formula is C10H10O4. The standard InChI is InChI=1S/C10H10O4/c1-2-4-8(14-10-6-12-10)7(3-1)13-9-5-11-9/h1-4,9-10H,5-6H2. The van der Waals surface area contributed by atoms with Crippen molar-refractivity contribution >= 4 is 0 Å². The van der Waals surface area contributed by atoms with Crippen LogP contribution in [0.25, 0.3) is 0 Å². The molecule has 2 aliphatic heterocycles. The molecule has 2 atom stereocenters. The first kappa shape index (κ1) is 8.08. The van der Waals surface area contributed by atoms with Crippen molar-refractivity contribution in [2.24, 2.45) is 0 Å². The van der Waals surface area contributed by atoms with Crippen LogP contribution in [0.1, 0.15) is 0 Å². The summed E-state index contributed by atoms with van der Waals surface area (Å²) in [5.41, 5.74) is 0. The highest BCUT2D eigenvalue weighted by Gasteiger charge is 2.29. The van der Waals surface area contributed by atoms with Gasteiger partial charge in [0.15, 0.2) is 11.5 Å². The van der Waals surface area contributed by atoms with Crippen LogP contribution in [0.3, 0.4) is 0 Å². The van der Waals surface area contributed by atoms with Gasteiger partial charge >= 0.3 is 0 Å². The van der Waals surface area contributed by atoms with Crippen molar-refractivity contribution in [2.45, 2.75) is 12.6 Å². The molecule has 74 valence electrons. The molecular weight excluding hydrogens is 184 g/mol. The van der Waals surface area contributed by atoms with Crippen LogP contribution in [0.15, 0.2) is 24.3 Å². The average molecular weight is 194 g/mol. The zero-order valence-electron chi connectivity index (χ0n) is 7.51. The van der Waals surface area contributed by atoms with Gasteiger partial charge in [0.1, 0.15) is 13.2 Å². The Balaban J connectivity index is 1.76. The van der Waals surface area contributed by atoms with Crippen molar-refractivity contribution < 1.29 is 18.9 Å². The second-order valence-corrected chi connectivity index (χ2v) is 3.21. The van der Waals surface area contributed by atoms with Gasteiger partial charge < -0.3 is 18.9 Å². The molecule has 2 heterocycles. The number of hydrogen-bond donors (Lipinski definition) is 0. The molecule has 4 nitrogen and oxygen atoms in total. The third kappa shape index (κ3) is 1.81. The Morgan fingerprint density at radius 1 is 0.929 bits per heavy atom. The van der Waals surface area contributed by atoms with E-state index in [1.54, 1.807) is 0 Å². The van der Waals surface area contributed by atoms with Gasteiger partial charge in [-0.05, 0) is 12.1 Å². The summed E-state index contributed by atoms with van der Waals surface area (Å²) >= 11 is 0. The van der Waals surface area contributed by atoms with Gasteiger partial charge in [0, 0.05) is 0 Å². The lowest BCUT2D eigenvalue weighted by molar-refractivity contribution is 0.147. The van der Waals surface area contributed by atoms with Crippen LogP contribution in [-0.4, -0.2) is 25.8 Å². The van der Waals surface area contributed by atoms with Gasteiger partial charge in [-0.3, -0.25) is 0 Å². The molecule has 0 amide bonds. The zero-order valence-corrected chi connectivity index (χ0v) is 7.51. The number of benzene rings is 1.